The number of amides is 1. The lowest BCUT2D eigenvalue weighted by atomic mass is 9.99. The van der Waals surface area contributed by atoms with Gasteiger partial charge in [-0.05, 0) is 51.4 Å². The van der Waals surface area contributed by atoms with Crippen molar-refractivity contribution in [3.8, 4) is 0 Å². The maximum atomic E-state index is 13.0. The van der Waals surface area contributed by atoms with E-state index in [2.05, 4.69) is 67.8 Å². The van der Waals surface area contributed by atoms with Crippen molar-refractivity contribution in [1.82, 2.24) is 5.32 Å². The molecule has 338 valence electrons. The Morgan fingerprint density at radius 3 is 1.59 bits per heavy atom. The molecule has 0 saturated carbocycles. The van der Waals surface area contributed by atoms with Gasteiger partial charge in [-0.25, -0.2) is 0 Å². The fourth-order valence-electron chi connectivity index (χ4n) is 7.39. The van der Waals surface area contributed by atoms with E-state index in [9.17, 15) is 30.3 Å². The summed E-state index contributed by atoms with van der Waals surface area (Å²) in [6.07, 6.45) is 42.5. The summed E-state index contributed by atoms with van der Waals surface area (Å²) in [5, 5.41) is 54.4. The first kappa shape index (κ1) is 54.2. The van der Waals surface area contributed by atoms with Gasteiger partial charge in [0.05, 0.1) is 25.4 Å². The fourth-order valence-corrected chi connectivity index (χ4v) is 7.39. The number of nitrogens with one attached hydrogen (secondary N) is 1. The molecular formula is C49H89NO8. The second-order valence-corrected chi connectivity index (χ2v) is 16.5. The standard InChI is InChI=1S/C49H89NO8/c1-3-5-7-9-11-13-15-17-19-20-21-22-23-24-25-27-29-31-33-35-37-39-45(53)50-42(41-57-49-48(56)47(55)46(54)44(40-51)58-49)43(52)38-36-34-32-30-28-26-18-16-14-12-10-8-6-4-2/h5,7,11,13,17,19,21-22,42-44,46-49,51-52,54-56H,3-4,6,8-10,12,14-16,18,20,23-41H2,1-2H3,(H,50,53)/b7-5-,13-11-,19-17-,22-21-. The van der Waals surface area contributed by atoms with Crippen molar-refractivity contribution in [3.63, 3.8) is 0 Å². The third kappa shape index (κ3) is 29.4. The summed E-state index contributed by atoms with van der Waals surface area (Å²) in [6, 6.07) is -0.724. The van der Waals surface area contributed by atoms with Gasteiger partial charge < -0.3 is 40.3 Å². The molecule has 9 nitrogen and oxygen atoms in total. The predicted molar refractivity (Wildman–Crippen MR) is 239 cm³/mol. The van der Waals surface area contributed by atoms with E-state index in [-0.39, 0.29) is 12.5 Å². The number of aliphatic hydroxyl groups excluding tert-OH is 5. The Morgan fingerprint density at radius 2 is 1.07 bits per heavy atom. The van der Waals surface area contributed by atoms with Crippen LogP contribution < -0.4 is 5.32 Å². The van der Waals surface area contributed by atoms with Crippen LogP contribution in [0, 0.1) is 0 Å². The molecule has 0 aromatic heterocycles. The van der Waals surface area contributed by atoms with E-state index < -0.39 is 49.5 Å². The van der Waals surface area contributed by atoms with Crippen LogP contribution in [0.25, 0.3) is 0 Å². The first-order valence-electron chi connectivity index (χ1n) is 23.8. The average Bonchev–Trinajstić information content (AvgIpc) is 3.22. The molecule has 1 aliphatic rings. The lowest BCUT2D eigenvalue weighted by Crippen LogP contribution is -2.60. The zero-order valence-electron chi connectivity index (χ0n) is 37.0. The van der Waals surface area contributed by atoms with Crippen molar-refractivity contribution < 1.29 is 39.8 Å². The first-order chi connectivity index (χ1) is 28.3. The molecule has 1 saturated heterocycles. The van der Waals surface area contributed by atoms with Crippen LogP contribution in [0.15, 0.2) is 48.6 Å². The van der Waals surface area contributed by atoms with Crippen molar-refractivity contribution in [1.29, 1.82) is 0 Å². The van der Waals surface area contributed by atoms with Crippen molar-refractivity contribution in [3.05, 3.63) is 48.6 Å². The van der Waals surface area contributed by atoms with Gasteiger partial charge in [0.2, 0.25) is 5.91 Å². The predicted octanol–water partition coefficient (Wildman–Crippen LogP) is 10.2. The number of rotatable bonds is 39. The highest BCUT2D eigenvalue weighted by molar-refractivity contribution is 5.76. The molecule has 1 amide bonds. The molecular weight excluding hydrogens is 731 g/mol. The third-order valence-electron chi connectivity index (χ3n) is 11.2. The highest BCUT2D eigenvalue weighted by atomic mass is 16.7. The zero-order chi connectivity index (χ0) is 42.3. The van der Waals surface area contributed by atoms with Gasteiger partial charge >= 0.3 is 0 Å². The minimum atomic E-state index is -1.56. The van der Waals surface area contributed by atoms with E-state index in [0.29, 0.717) is 12.8 Å². The Hall–Kier alpha value is -1.85. The molecule has 1 fully saturated rings. The summed E-state index contributed by atoms with van der Waals surface area (Å²) >= 11 is 0. The normalized spacial score (nSPS) is 21.3. The summed E-state index contributed by atoms with van der Waals surface area (Å²) in [4.78, 5) is 13.0. The minimum Gasteiger partial charge on any atom is -0.394 e. The molecule has 1 heterocycles. The number of hydrogen-bond acceptors (Lipinski definition) is 8. The number of ether oxygens (including phenoxy) is 2. The molecule has 0 aromatic rings. The molecule has 1 rings (SSSR count). The maximum Gasteiger partial charge on any atom is 0.220 e. The van der Waals surface area contributed by atoms with Crippen LogP contribution in [0.5, 0.6) is 0 Å². The second-order valence-electron chi connectivity index (χ2n) is 16.5. The van der Waals surface area contributed by atoms with Crippen LogP contribution in [0.4, 0.5) is 0 Å². The number of carbonyl (C=O) groups is 1. The number of hydrogen-bond donors (Lipinski definition) is 6. The van der Waals surface area contributed by atoms with Crippen LogP contribution in [0.3, 0.4) is 0 Å². The average molecular weight is 820 g/mol. The molecule has 0 bridgehead atoms. The third-order valence-corrected chi connectivity index (χ3v) is 11.2. The Morgan fingerprint density at radius 1 is 0.603 bits per heavy atom. The van der Waals surface area contributed by atoms with Crippen molar-refractivity contribution in [2.75, 3.05) is 13.2 Å². The zero-order valence-corrected chi connectivity index (χ0v) is 37.0. The summed E-state index contributed by atoms with van der Waals surface area (Å²) < 4.78 is 11.3. The molecule has 6 N–H and O–H groups in total. The Balaban J connectivity index is 2.30. The van der Waals surface area contributed by atoms with E-state index in [0.717, 1.165) is 70.6 Å². The molecule has 0 aliphatic carbocycles. The minimum absolute atomic E-state index is 0.142. The molecule has 0 radical (unpaired) electrons. The van der Waals surface area contributed by atoms with Gasteiger partial charge in [0.25, 0.3) is 0 Å². The summed E-state index contributed by atoms with van der Waals surface area (Å²) in [7, 11) is 0. The van der Waals surface area contributed by atoms with Crippen molar-refractivity contribution in [2.24, 2.45) is 0 Å². The molecule has 58 heavy (non-hydrogen) atoms. The van der Waals surface area contributed by atoms with Crippen molar-refractivity contribution in [2.45, 2.75) is 243 Å². The van der Waals surface area contributed by atoms with Gasteiger partial charge in [0, 0.05) is 6.42 Å². The number of allylic oxidation sites excluding steroid dienone is 8. The summed E-state index contributed by atoms with van der Waals surface area (Å²) in [5.74, 6) is -0.154. The van der Waals surface area contributed by atoms with Crippen molar-refractivity contribution >= 4 is 5.91 Å². The summed E-state index contributed by atoms with van der Waals surface area (Å²) in [5.41, 5.74) is 0. The van der Waals surface area contributed by atoms with E-state index in [1.165, 1.54) is 103 Å². The highest BCUT2D eigenvalue weighted by Crippen LogP contribution is 2.23. The number of unbranched alkanes of at least 4 members (excludes halogenated alkanes) is 21. The lowest BCUT2D eigenvalue weighted by Gasteiger charge is -2.40. The molecule has 0 spiro atoms. The van der Waals surface area contributed by atoms with E-state index in [1.807, 2.05) is 0 Å². The summed E-state index contributed by atoms with van der Waals surface area (Å²) in [6.45, 7) is 3.71. The lowest BCUT2D eigenvalue weighted by molar-refractivity contribution is -0.302. The Bertz CT molecular complexity index is 1050. The Labute approximate surface area is 354 Å². The topological polar surface area (TPSA) is 149 Å². The maximum absolute atomic E-state index is 13.0. The second kappa shape index (κ2) is 39.3. The van der Waals surface area contributed by atoms with E-state index in [1.54, 1.807) is 0 Å². The first-order valence-corrected chi connectivity index (χ1v) is 23.8. The van der Waals surface area contributed by atoms with Crippen LogP contribution >= 0.6 is 0 Å². The van der Waals surface area contributed by atoms with Crippen LogP contribution in [0.1, 0.15) is 200 Å². The van der Waals surface area contributed by atoms with Gasteiger partial charge in [0.1, 0.15) is 24.4 Å². The van der Waals surface area contributed by atoms with Crippen LogP contribution in [0.2, 0.25) is 0 Å². The molecule has 7 unspecified atom stereocenters. The SMILES string of the molecule is CC/C=C\C/C=C\C/C=C\C/C=C\CCCCCCCCCCC(=O)NC(COC1OC(CO)C(O)C(O)C1O)C(O)CCCCCCCCCCCCCCCC. The van der Waals surface area contributed by atoms with Crippen LogP contribution in [-0.2, 0) is 14.3 Å². The van der Waals surface area contributed by atoms with E-state index >= 15 is 0 Å². The smallest absolute Gasteiger partial charge is 0.220 e. The van der Waals surface area contributed by atoms with E-state index in [4.69, 9.17) is 9.47 Å². The van der Waals surface area contributed by atoms with Gasteiger partial charge in [-0.2, -0.15) is 0 Å². The molecule has 9 heteroatoms. The van der Waals surface area contributed by atoms with Crippen LogP contribution in [-0.4, -0.2) is 87.5 Å². The fraction of sp³-hybridized carbons (Fsp3) is 0.816. The van der Waals surface area contributed by atoms with Gasteiger partial charge in [0.15, 0.2) is 6.29 Å². The largest absolute Gasteiger partial charge is 0.394 e. The monoisotopic (exact) mass is 820 g/mol. The Kier molecular flexibility index (Phi) is 36.7. The molecule has 7 atom stereocenters. The number of aliphatic hydroxyl groups is 5. The van der Waals surface area contributed by atoms with Gasteiger partial charge in [-0.15, -0.1) is 0 Å². The van der Waals surface area contributed by atoms with Gasteiger partial charge in [-0.3, -0.25) is 4.79 Å². The number of carbonyl (C=O) groups excluding carboxylic acids is 1. The highest BCUT2D eigenvalue weighted by Gasteiger charge is 2.44. The quantitative estimate of drug-likeness (QED) is 0.0265. The molecule has 0 aromatic carbocycles. The van der Waals surface area contributed by atoms with Gasteiger partial charge in [-0.1, -0.05) is 191 Å². The molecule has 1 aliphatic heterocycles.